The van der Waals surface area contributed by atoms with Crippen LogP contribution in [0.15, 0.2) is 84.0 Å². The van der Waals surface area contributed by atoms with Crippen LogP contribution in [0.5, 0.6) is 0 Å². The van der Waals surface area contributed by atoms with E-state index in [1.807, 2.05) is 89.2 Å². The Kier molecular flexibility index (Phi) is 14.2. The van der Waals surface area contributed by atoms with E-state index < -0.39 is 5.60 Å². The Morgan fingerprint density at radius 3 is 2.00 bits per heavy atom. The third-order valence-corrected chi connectivity index (χ3v) is 8.33. The SMILES string of the molecule is CCCCN1CCC(=CC#Cc2cccc(C)n2)CC1.Cc1cccc(C#CC(=C2CCN(C(=O)OC(C)(C)C)CC2)c2ccccc2)n1. The number of carbonyl (C=O) groups excluding carboxylic acids is 1. The molecule has 0 spiro atoms. The van der Waals surface area contributed by atoms with Crippen LogP contribution in [0, 0.1) is 37.5 Å². The molecule has 2 fully saturated rings. The highest BCUT2D eigenvalue weighted by atomic mass is 16.6. The molecule has 2 aliphatic rings. The third kappa shape index (κ3) is 13.1. The molecule has 1 amide bonds. The number of hydrogen-bond donors (Lipinski definition) is 0. The number of piperidine rings is 2. The maximum atomic E-state index is 12.4. The summed E-state index contributed by atoms with van der Waals surface area (Å²) in [6, 6.07) is 22.1. The summed E-state index contributed by atoms with van der Waals surface area (Å²) in [5, 5.41) is 0. The van der Waals surface area contributed by atoms with Crippen LogP contribution >= 0.6 is 0 Å². The zero-order chi connectivity index (χ0) is 35.1. The normalized spacial score (nSPS) is 14.7. The molecule has 0 radical (unpaired) electrons. The Hall–Kier alpha value is -4.65. The van der Waals surface area contributed by atoms with Crippen LogP contribution in [0.4, 0.5) is 4.79 Å². The lowest BCUT2D eigenvalue weighted by Crippen LogP contribution is -2.40. The van der Waals surface area contributed by atoms with Gasteiger partial charge in [-0.25, -0.2) is 14.8 Å². The van der Waals surface area contributed by atoms with Crippen molar-refractivity contribution in [3.05, 3.63) is 112 Å². The minimum atomic E-state index is -0.477. The molecule has 6 nitrogen and oxygen atoms in total. The first-order valence-corrected chi connectivity index (χ1v) is 17.7. The molecular weight excluding hydrogens is 604 g/mol. The number of pyridine rings is 2. The first kappa shape index (κ1) is 37.2. The van der Waals surface area contributed by atoms with Gasteiger partial charge >= 0.3 is 6.09 Å². The molecule has 0 aliphatic carbocycles. The van der Waals surface area contributed by atoms with Gasteiger partial charge in [0.15, 0.2) is 0 Å². The summed E-state index contributed by atoms with van der Waals surface area (Å²) in [6.07, 6.45) is 8.37. The lowest BCUT2D eigenvalue weighted by atomic mass is 9.93. The predicted octanol–water partition coefficient (Wildman–Crippen LogP) is 8.79. The Morgan fingerprint density at radius 2 is 1.43 bits per heavy atom. The number of hydrogen-bond acceptors (Lipinski definition) is 5. The van der Waals surface area contributed by atoms with Crippen LogP contribution in [0.1, 0.15) is 94.6 Å². The van der Waals surface area contributed by atoms with E-state index in [4.69, 9.17) is 4.74 Å². The fourth-order valence-electron chi connectivity index (χ4n) is 5.66. The number of nitrogens with zero attached hydrogens (tertiary/aromatic N) is 4. The van der Waals surface area contributed by atoms with Gasteiger partial charge in [0.25, 0.3) is 0 Å². The standard InChI is InChI=1S/C25H28N2O2.C18H24N2/c1-19-9-8-12-22(26-19)13-14-23(20-10-6-5-7-11-20)21-15-17-27(18-16-21)24(28)29-25(2,3)4;1-3-4-13-20-14-11-17(12-15-20)8-6-10-18-9-5-7-16(2)19-18/h5-12H,15-18H2,1-4H3;5,7-9H,3-4,11-15H2,1-2H3. The first-order valence-electron chi connectivity index (χ1n) is 17.7. The van der Waals surface area contributed by atoms with Crippen molar-refractivity contribution in [2.45, 2.75) is 85.7 Å². The minimum absolute atomic E-state index is 0.243. The van der Waals surface area contributed by atoms with Gasteiger partial charge in [0.1, 0.15) is 17.0 Å². The number of benzene rings is 1. The lowest BCUT2D eigenvalue weighted by molar-refractivity contribution is 0.0236. The highest BCUT2D eigenvalue weighted by molar-refractivity contribution is 5.82. The van der Waals surface area contributed by atoms with Gasteiger partial charge in [-0.3, -0.25) is 0 Å². The fourth-order valence-corrected chi connectivity index (χ4v) is 5.66. The number of allylic oxidation sites excluding steroid dienone is 2. The van der Waals surface area contributed by atoms with Crippen LogP contribution in [-0.2, 0) is 4.74 Å². The van der Waals surface area contributed by atoms with E-state index in [1.54, 1.807) is 4.90 Å². The Labute approximate surface area is 294 Å². The van der Waals surface area contributed by atoms with Gasteiger partial charge in [0.2, 0.25) is 0 Å². The Balaban J connectivity index is 0.000000237. The summed E-state index contributed by atoms with van der Waals surface area (Å²) >= 11 is 0. The van der Waals surface area contributed by atoms with Crippen molar-refractivity contribution < 1.29 is 9.53 Å². The number of aryl methyl sites for hydroxylation is 2. The molecule has 2 saturated heterocycles. The molecule has 5 rings (SSSR count). The number of ether oxygens (including phenoxy) is 1. The topological polar surface area (TPSA) is 58.6 Å². The second-order valence-corrected chi connectivity index (χ2v) is 13.7. The van der Waals surface area contributed by atoms with Crippen molar-refractivity contribution in [1.82, 2.24) is 19.8 Å². The molecule has 2 aliphatic heterocycles. The maximum Gasteiger partial charge on any atom is 0.410 e. The summed E-state index contributed by atoms with van der Waals surface area (Å²) in [6.45, 7) is 16.8. The van der Waals surface area contributed by atoms with Gasteiger partial charge in [-0.1, -0.05) is 78.8 Å². The summed E-state index contributed by atoms with van der Waals surface area (Å²) in [4.78, 5) is 25.6. The van der Waals surface area contributed by atoms with E-state index in [9.17, 15) is 4.79 Å². The first-order chi connectivity index (χ1) is 23.6. The number of unbranched alkanes of at least 4 members (excludes halogenated alkanes) is 1. The highest BCUT2D eigenvalue weighted by Gasteiger charge is 2.25. The molecule has 1 aromatic carbocycles. The number of aromatic nitrogens is 2. The van der Waals surface area contributed by atoms with E-state index in [1.165, 1.54) is 56.5 Å². The van der Waals surface area contributed by atoms with Crippen LogP contribution < -0.4 is 0 Å². The van der Waals surface area contributed by atoms with E-state index in [0.29, 0.717) is 13.1 Å². The highest BCUT2D eigenvalue weighted by Crippen LogP contribution is 2.27. The van der Waals surface area contributed by atoms with Gasteiger partial charge in [-0.2, -0.15) is 0 Å². The summed E-state index contributed by atoms with van der Waals surface area (Å²) in [5.74, 6) is 12.9. The zero-order valence-corrected chi connectivity index (χ0v) is 30.3. The van der Waals surface area contributed by atoms with Crippen LogP contribution in [0.25, 0.3) is 5.57 Å². The molecule has 3 aromatic rings. The van der Waals surface area contributed by atoms with Crippen molar-refractivity contribution in [1.29, 1.82) is 0 Å². The van der Waals surface area contributed by atoms with Crippen molar-refractivity contribution >= 4 is 11.7 Å². The largest absolute Gasteiger partial charge is 0.444 e. The molecule has 49 heavy (non-hydrogen) atoms. The average molecular weight is 657 g/mol. The summed E-state index contributed by atoms with van der Waals surface area (Å²) in [5.41, 5.74) is 8.03. The molecule has 2 aromatic heterocycles. The van der Waals surface area contributed by atoms with E-state index in [0.717, 1.165) is 46.8 Å². The van der Waals surface area contributed by atoms with E-state index in [-0.39, 0.29) is 6.09 Å². The quantitative estimate of drug-likeness (QED) is 0.263. The molecule has 256 valence electrons. The van der Waals surface area contributed by atoms with Crippen molar-refractivity contribution in [3.63, 3.8) is 0 Å². The average Bonchev–Trinajstić information content (AvgIpc) is 3.08. The molecule has 6 heteroatoms. The Morgan fingerprint density at radius 1 is 0.816 bits per heavy atom. The van der Waals surface area contributed by atoms with Crippen LogP contribution in [0.3, 0.4) is 0 Å². The number of carbonyl (C=O) groups is 1. The van der Waals surface area contributed by atoms with Crippen molar-refractivity contribution in [2.24, 2.45) is 0 Å². The summed E-state index contributed by atoms with van der Waals surface area (Å²) < 4.78 is 5.51. The summed E-state index contributed by atoms with van der Waals surface area (Å²) in [7, 11) is 0. The van der Waals surface area contributed by atoms with Gasteiger partial charge in [0.05, 0.1) is 0 Å². The molecule has 0 N–H and O–H groups in total. The number of rotatable bonds is 4. The monoisotopic (exact) mass is 656 g/mol. The van der Waals surface area contributed by atoms with Crippen molar-refractivity contribution in [2.75, 3.05) is 32.7 Å². The second kappa shape index (κ2) is 18.8. The van der Waals surface area contributed by atoms with Gasteiger partial charge in [0, 0.05) is 43.1 Å². The van der Waals surface area contributed by atoms with Gasteiger partial charge in [-0.05, 0) is 121 Å². The predicted molar refractivity (Wildman–Crippen MR) is 201 cm³/mol. The van der Waals surface area contributed by atoms with E-state index >= 15 is 0 Å². The Bertz CT molecular complexity index is 1710. The van der Waals surface area contributed by atoms with Crippen LogP contribution in [0.2, 0.25) is 0 Å². The van der Waals surface area contributed by atoms with E-state index in [2.05, 4.69) is 63.7 Å². The smallest absolute Gasteiger partial charge is 0.410 e. The molecule has 0 saturated carbocycles. The molecule has 4 heterocycles. The molecule has 0 unspecified atom stereocenters. The molecular formula is C43H52N4O2. The number of amides is 1. The molecule has 0 atom stereocenters. The fraction of sp³-hybridized carbons (Fsp3) is 0.419. The minimum Gasteiger partial charge on any atom is -0.444 e. The number of likely N-dealkylation sites (tertiary alicyclic amines) is 2. The van der Waals surface area contributed by atoms with Gasteiger partial charge in [-0.15, -0.1) is 0 Å². The van der Waals surface area contributed by atoms with Crippen LogP contribution in [-0.4, -0.2) is 64.2 Å². The van der Waals surface area contributed by atoms with Gasteiger partial charge < -0.3 is 14.5 Å². The second-order valence-electron chi connectivity index (χ2n) is 13.7. The third-order valence-electron chi connectivity index (χ3n) is 8.33. The zero-order valence-electron chi connectivity index (χ0n) is 30.3. The molecule has 0 bridgehead atoms. The van der Waals surface area contributed by atoms with Crippen molar-refractivity contribution in [3.8, 4) is 23.7 Å². The lowest BCUT2D eigenvalue weighted by Gasteiger charge is -2.31. The maximum absolute atomic E-state index is 12.4.